The van der Waals surface area contributed by atoms with E-state index in [0.29, 0.717) is 17.9 Å². The zero-order chi connectivity index (χ0) is 14.2. The summed E-state index contributed by atoms with van der Waals surface area (Å²) in [5, 5.41) is 13.0. The molecule has 0 spiro atoms. The Bertz CT molecular complexity index is 524. The van der Waals surface area contributed by atoms with E-state index in [-0.39, 0.29) is 0 Å². The molecule has 0 aromatic carbocycles. The predicted molar refractivity (Wildman–Crippen MR) is 81.9 cm³/mol. The van der Waals surface area contributed by atoms with Crippen LogP contribution >= 0.6 is 0 Å². The second-order valence-corrected chi connectivity index (χ2v) is 6.45. The van der Waals surface area contributed by atoms with E-state index < -0.39 is 0 Å². The van der Waals surface area contributed by atoms with Gasteiger partial charge in [0.05, 0.1) is 11.8 Å². The first-order valence-electron chi connectivity index (χ1n) is 7.98. The molecule has 1 N–H and O–H groups in total. The van der Waals surface area contributed by atoms with Crippen molar-refractivity contribution in [1.29, 1.82) is 0 Å². The Kier molecular flexibility index (Phi) is 3.30. The van der Waals surface area contributed by atoms with Gasteiger partial charge in [-0.2, -0.15) is 0 Å². The number of oxime groups is 1. The lowest BCUT2D eigenvalue weighted by Gasteiger charge is -2.41. The third-order valence-electron chi connectivity index (χ3n) is 5.44. The molecule has 3 aliphatic rings. The SMILES string of the molecule is O/N=C1/[C@H]2CC[C@H](C2)[C@@H]1N1CCN(c2ccccn2)CC1. The largest absolute Gasteiger partial charge is 0.411 e. The molecule has 1 aromatic rings. The quantitative estimate of drug-likeness (QED) is 0.666. The number of pyridine rings is 1. The predicted octanol–water partition coefficient (Wildman–Crippen LogP) is 1.83. The Hall–Kier alpha value is -1.62. The third-order valence-corrected chi connectivity index (χ3v) is 5.44. The molecular formula is C16H22N4O. The van der Waals surface area contributed by atoms with Gasteiger partial charge >= 0.3 is 0 Å². The summed E-state index contributed by atoms with van der Waals surface area (Å²) in [6.07, 6.45) is 5.60. The molecule has 21 heavy (non-hydrogen) atoms. The molecule has 1 aliphatic heterocycles. The van der Waals surface area contributed by atoms with Crippen LogP contribution in [0.4, 0.5) is 5.82 Å². The van der Waals surface area contributed by atoms with E-state index in [1.54, 1.807) is 0 Å². The van der Waals surface area contributed by atoms with Crippen molar-refractivity contribution in [3.8, 4) is 0 Å². The summed E-state index contributed by atoms with van der Waals surface area (Å²) in [5.41, 5.74) is 1.05. The van der Waals surface area contributed by atoms with Crippen LogP contribution < -0.4 is 4.90 Å². The number of piperazine rings is 1. The summed E-state index contributed by atoms with van der Waals surface area (Å²) in [7, 11) is 0. The molecule has 5 nitrogen and oxygen atoms in total. The van der Waals surface area contributed by atoms with Crippen LogP contribution in [0.1, 0.15) is 19.3 Å². The fraction of sp³-hybridized carbons (Fsp3) is 0.625. The van der Waals surface area contributed by atoms with Crippen LogP contribution in [0.5, 0.6) is 0 Å². The molecule has 1 aromatic heterocycles. The molecule has 0 radical (unpaired) electrons. The van der Waals surface area contributed by atoms with Gasteiger partial charge in [-0.05, 0) is 37.3 Å². The highest BCUT2D eigenvalue weighted by Gasteiger charge is 2.48. The molecule has 4 rings (SSSR count). The highest BCUT2D eigenvalue weighted by Crippen LogP contribution is 2.45. The Morgan fingerprint density at radius 3 is 2.71 bits per heavy atom. The van der Waals surface area contributed by atoms with E-state index in [1.165, 1.54) is 19.3 Å². The number of hydrogen-bond acceptors (Lipinski definition) is 5. The Morgan fingerprint density at radius 1 is 1.14 bits per heavy atom. The van der Waals surface area contributed by atoms with Crippen molar-refractivity contribution in [3.05, 3.63) is 24.4 Å². The van der Waals surface area contributed by atoms with E-state index in [0.717, 1.165) is 37.7 Å². The van der Waals surface area contributed by atoms with Crippen LogP contribution in [0.3, 0.4) is 0 Å². The van der Waals surface area contributed by atoms with Gasteiger partial charge in [-0.1, -0.05) is 11.2 Å². The van der Waals surface area contributed by atoms with Crippen LogP contribution in [0.25, 0.3) is 0 Å². The standard InChI is InChI=1S/C16H22N4O/c21-18-15-12-4-5-13(11-12)16(15)20-9-7-19(8-10-20)14-3-1-2-6-17-14/h1-3,6,12-13,16,21H,4-5,7-11H2/b18-15-/t12-,13+,16-/m0/s1. The number of nitrogens with zero attached hydrogens (tertiary/aromatic N) is 4. The van der Waals surface area contributed by atoms with E-state index >= 15 is 0 Å². The lowest BCUT2D eigenvalue weighted by atomic mass is 9.91. The van der Waals surface area contributed by atoms with Gasteiger partial charge in [0.15, 0.2) is 0 Å². The first kappa shape index (κ1) is 13.1. The van der Waals surface area contributed by atoms with Crippen LogP contribution in [0.2, 0.25) is 0 Å². The molecule has 5 heteroatoms. The molecule has 3 fully saturated rings. The highest BCUT2D eigenvalue weighted by atomic mass is 16.4. The molecular weight excluding hydrogens is 264 g/mol. The van der Waals surface area contributed by atoms with Gasteiger partial charge < -0.3 is 10.1 Å². The average molecular weight is 286 g/mol. The van der Waals surface area contributed by atoms with E-state index in [4.69, 9.17) is 0 Å². The smallest absolute Gasteiger partial charge is 0.128 e. The molecule has 0 unspecified atom stereocenters. The second-order valence-electron chi connectivity index (χ2n) is 6.45. The van der Waals surface area contributed by atoms with Crippen molar-refractivity contribution in [3.63, 3.8) is 0 Å². The fourth-order valence-electron chi connectivity index (χ4n) is 4.45. The number of anilines is 1. The minimum absolute atomic E-state index is 0.389. The van der Waals surface area contributed by atoms with Gasteiger partial charge in [0, 0.05) is 38.3 Å². The van der Waals surface area contributed by atoms with Crippen molar-refractivity contribution in [2.75, 3.05) is 31.1 Å². The minimum atomic E-state index is 0.389. The maximum absolute atomic E-state index is 9.36. The minimum Gasteiger partial charge on any atom is -0.411 e. The monoisotopic (exact) mass is 286 g/mol. The van der Waals surface area contributed by atoms with Crippen molar-refractivity contribution in [2.45, 2.75) is 25.3 Å². The van der Waals surface area contributed by atoms with Crippen molar-refractivity contribution in [1.82, 2.24) is 9.88 Å². The molecule has 2 bridgehead atoms. The van der Waals surface area contributed by atoms with Crippen LogP contribution in [-0.2, 0) is 0 Å². The number of aromatic nitrogens is 1. The van der Waals surface area contributed by atoms with Gasteiger partial charge in [0.25, 0.3) is 0 Å². The van der Waals surface area contributed by atoms with Gasteiger partial charge in [-0.3, -0.25) is 4.90 Å². The third kappa shape index (κ3) is 2.20. The Labute approximate surface area is 125 Å². The van der Waals surface area contributed by atoms with E-state index in [1.807, 2.05) is 18.3 Å². The summed E-state index contributed by atoms with van der Waals surface area (Å²) >= 11 is 0. The normalized spacial score (nSPS) is 34.8. The second kappa shape index (κ2) is 5.30. The summed E-state index contributed by atoms with van der Waals surface area (Å²) < 4.78 is 0. The van der Waals surface area contributed by atoms with Gasteiger partial charge in [-0.25, -0.2) is 4.98 Å². The molecule has 112 valence electrons. The van der Waals surface area contributed by atoms with Crippen LogP contribution in [0.15, 0.2) is 29.6 Å². The zero-order valence-corrected chi connectivity index (χ0v) is 12.2. The first-order chi connectivity index (χ1) is 10.4. The Balaban J connectivity index is 1.44. The summed E-state index contributed by atoms with van der Waals surface area (Å²) in [4.78, 5) is 9.31. The summed E-state index contributed by atoms with van der Waals surface area (Å²) in [5.74, 6) is 2.32. The average Bonchev–Trinajstić information content (AvgIpc) is 3.16. The van der Waals surface area contributed by atoms with Gasteiger partial charge in [-0.15, -0.1) is 0 Å². The van der Waals surface area contributed by atoms with Crippen LogP contribution in [-0.4, -0.2) is 53.0 Å². The number of rotatable bonds is 2. The van der Waals surface area contributed by atoms with Gasteiger partial charge in [0.2, 0.25) is 0 Å². The molecule has 2 aliphatic carbocycles. The Morgan fingerprint density at radius 2 is 2.00 bits per heavy atom. The van der Waals surface area contributed by atoms with E-state index in [9.17, 15) is 5.21 Å². The first-order valence-corrected chi connectivity index (χ1v) is 7.98. The zero-order valence-electron chi connectivity index (χ0n) is 12.2. The van der Waals surface area contributed by atoms with Crippen molar-refractivity contribution >= 4 is 11.5 Å². The highest BCUT2D eigenvalue weighted by molar-refractivity contribution is 5.94. The lowest BCUT2D eigenvalue weighted by Crippen LogP contribution is -2.54. The molecule has 2 saturated carbocycles. The topological polar surface area (TPSA) is 52.0 Å². The van der Waals surface area contributed by atoms with Crippen LogP contribution in [0, 0.1) is 11.8 Å². The molecule has 1 saturated heterocycles. The summed E-state index contributed by atoms with van der Waals surface area (Å²) in [6.45, 7) is 4.07. The van der Waals surface area contributed by atoms with Crippen molar-refractivity contribution in [2.24, 2.45) is 17.0 Å². The van der Waals surface area contributed by atoms with Crippen molar-refractivity contribution < 1.29 is 5.21 Å². The lowest BCUT2D eigenvalue weighted by molar-refractivity contribution is 0.181. The van der Waals surface area contributed by atoms with Gasteiger partial charge in [0.1, 0.15) is 5.82 Å². The summed E-state index contributed by atoms with van der Waals surface area (Å²) in [6, 6.07) is 6.47. The number of fused-ring (bicyclic) bond motifs is 2. The molecule has 3 atom stereocenters. The maximum Gasteiger partial charge on any atom is 0.128 e. The number of hydrogen-bond donors (Lipinski definition) is 1. The fourth-order valence-corrected chi connectivity index (χ4v) is 4.45. The maximum atomic E-state index is 9.36. The molecule has 0 amide bonds. The van der Waals surface area contributed by atoms with E-state index in [2.05, 4.69) is 26.0 Å². The molecule has 2 heterocycles.